The van der Waals surface area contributed by atoms with Gasteiger partial charge in [-0.3, -0.25) is 0 Å². The topological polar surface area (TPSA) is 53.7 Å². The minimum absolute atomic E-state index is 0.137. The van der Waals surface area contributed by atoms with Gasteiger partial charge in [-0.25, -0.2) is 0 Å². The van der Waals surface area contributed by atoms with Gasteiger partial charge in [0.25, 0.3) is 0 Å². The van der Waals surface area contributed by atoms with E-state index in [9.17, 15) is 0 Å². The highest BCUT2D eigenvalue weighted by molar-refractivity contribution is 5.46. The predicted octanol–water partition coefficient (Wildman–Crippen LogP) is 2.52. The summed E-state index contributed by atoms with van der Waals surface area (Å²) in [5.41, 5.74) is 6.85. The van der Waals surface area contributed by atoms with Gasteiger partial charge in [0, 0.05) is 6.04 Å². The third kappa shape index (κ3) is 4.20. The molecule has 0 spiro atoms. The predicted molar refractivity (Wildman–Crippen MR) is 72.2 cm³/mol. The molecule has 18 heavy (non-hydrogen) atoms. The Balaban J connectivity index is 2.69. The van der Waals surface area contributed by atoms with E-state index in [0.717, 1.165) is 17.1 Å². The van der Waals surface area contributed by atoms with Crippen LogP contribution in [-0.2, 0) is 4.74 Å². The third-order valence-electron chi connectivity index (χ3n) is 2.49. The summed E-state index contributed by atoms with van der Waals surface area (Å²) in [6, 6.07) is 5.54. The van der Waals surface area contributed by atoms with Gasteiger partial charge >= 0.3 is 0 Å². The van der Waals surface area contributed by atoms with Crippen LogP contribution in [0.25, 0.3) is 0 Å². The minimum atomic E-state index is -0.137. The third-order valence-corrected chi connectivity index (χ3v) is 2.49. The van der Waals surface area contributed by atoms with E-state index in [-0.39, 0.29) is 12.1 Å². The van der Waals surface area contributed by atoms with Crippen LogP contribution in [0.1, 0.15) is 32.4 Å². The fourth-order valence-electron chi connectivity index (χ4n) is 1.71. The number of rotatable bonds is 7. The molecule has 0 heterocycles. The molecule has 0 unspecified atom stereocenters. The summed E-state index contributed by atoms with van der Waals surface area (Å²) in [5.74, 6) is 1.52. The summed E-state index contributed by atoms with van der Waals surface area (Å²) in [4.78, 5) is 0. The van der Waals surface area contributed by atoms with E-state index in [2.05, 4.69) is 0 Å². The van der Waals surface area contributed by atoms with Crippen LogP contribution in [0.3, 0.4) is 0 Å². The molecule has 2 N–H and O–H groups in total. The lowest BCUT2D eigenvalue weighted by Gasteiger charge is -2.17. The Morgan fingerprint density at radius 3 is 2.33 bits per heavy atom. The van der Waals surface area contributed by atoms with E-state index >= 15 is 0 Å². The first kappa shape index (κ1) is 14.8. The molecule has 4 heteroatoms. The molecule has 0 amide bonds. The van der Waals surface area contributed by atoms with Crippen molar-refractivity contribution in [1.29, 1.82) is 0 Å². The minimum Gasteiger partial charge on any atom is -0.496 e. The van der Waals surface area contributed by atoms with Gasteiger partial charge in [-0.2, -0.15) is 0 Å². The van der Waals surface area contributed by atoms with Crippen molar-refractivity contribution in [2.24, 2.45) is 5.73 Å². The number of hydrogen-bond donors (Lipinski definition) is 1. The summed E-state index contributed by atoms with van der Waals surface area (Å²) < 4.78 is 16.4. The van der Waals surface area contributed by atoms with E-state index in [1.165, 1.54) is 0 Å². The number of hydrogen-bond acceptors (Lipinski definition) is 4. The Labute approximate surface area is 109 Å². The second kappa shape index (κ2) is 7.24. The molecule has 0 saturated carbocycles. The number of methoxy groups -OCH3 is 1. The number of nitrogens with two attached hydrogens (primary N) is 1. The van der Waals surface area contributed by atoms with Gasteiger partial charge in [-0.05, 0) is 32.9 Å². The molecule has 0 aliphatic carbocycles. The first-order chi connectivity index (χ1) is 8.56. The molecule has 0 aromatic heterocycles. The second-order valence-corrected chi connectivity index (χ2v) is 4.43. The molecule has 4 nitrogen and oxygen atoms in total. The summed E-state index contributed by atoms with van der Waals surface area (Å²) in [6.45, 7) is 6.98. The van der Waals surface area contributed by atoms with Crippen LogP contribution >= 0.6 is 0 Å². The maximum Gasteiger partial charge on any atom is 0.127 e. The van der Waals surface area contributed by atoms with Crippen molar-refractivity contribution in [2.75, 3.05) is 20.3 Å². The number of benzene rings is 1. The lowest BCUT2D eigenvalue weighted by Crippen LogP contribution is -2.14. The van der Waals surface area contributed by atoms with Crippen LogP contribution in [0.5, 0.6) is 11.5 Å². The fourth-order valence-corrected chi connectivity index (χ4v) is 1.71. The van der Waals surface area contributed by atoms with Crippen molar-refractivity contribution in [2.45, 2.75) is 32.9 Å². The Bertz CT molecular complexity index is 364. The van der Waals surface area contributed by atoms with Gasteiger partial charge in [0.1, 0.15) is 18.1 Å². The van der Waals surface area contributed by atoms with Gasteiger partial charge in [0.05, 0.1) is 25.4 Å². The maximum atomic E-state index is 5.95. The zero-order chi connectivity index (χ0) is 13.5. The molecular formula is C14H23NO3. The van der Waals surface area contributed by atoms with Gasteiger partial charge in [0.15, 0.2) is 0 Å². The van der Waals surface area contributed by atoms with Crippen molar-refractivity contribution in [3.63, 3.8) is 0 Å². The molecule has 1 rings (SSSR count). The SMILES string of the molecule is COc1cccc(OCCOC(C)C)c1[C@@H](C)N. The molecule has 0 fully saturated rings. The standard InChI is InChI=1S/C14H23NO3/c1-10(2)17-8-9-18-13-7-5-6-12(16-4)14(13)11(3)15/h5-7,10-11H,8-9,15H2,1-4H3/t11-/m1/s1. The molecule has 0 saturated heterocycles. The fraction of sp³-hybridized carbons (Fsp3) is 0.571. The van der Waals surface area contributed by atoms with Crippen LogP contribution in [0.4, 0.5) is 0 Å². The van der Waals surface area contributed by atoms with Gasteiger partial charge in [-0.15, -0.1) is 0 Å². The zero-order valence-electron chi connectivity index (χ0n) is 11.6. The highest BCUT2D eigenvalue weighted by Gasteiger charge is 2.14. The van der Waals surface area contributed by atoms with Crippen LogP contribution in [-0.4, -0.2) is 26.4 Å². The smallest absolute Gasteiger partial charge is 0.127 e. The summed E-state index contributed by atoms with van der Waals surface area (Å²) in [5, 5.41) is 0. The summed E-state index contributed by atoms with van der Waals surface area (Å²) >= 11 is 0. The van der Waals surface area contributed by atoms with E-state index < -0.39 is 0 Å². The first-order valence-electron chi connectivity index (χ1n) is 6.23. The quantitative estimate of drug-likeness (QED) is 0.759. The van der Waals surface area contributed by atoms with E-state index in [1.807, 2.05) is 39.0 Å². The van der Waals surface area contributed by atoms with Gasteiger partial charge in [0.2, 0.25) is 0 Å². The second-order valence-electron chi connectivity index (χ2n) is 4.43. The largest absolute Gasteiger partial charge is 0.496 e. The monoisotopic (exact) mass is 253 g/mol. The average molecular weight is 253 g/mol. The highest BCUT2D eigenvalue weighted by Crippen LogP contribution is 2.32. The summed E-state index contributed by atoms with van der Waals surface area (Å²) in [6.07, 6.45) is 0.215. The highest BCUT2D eigenvalue weighted by atomic mass is 16.5. The normalized spacial score (nSPS) is 12.6. The Hall–Kier alpha value is -1.26. The molecule has 1 atom stereocenters. The van der Waals surface area contributed by atoms with Gasteiger partial charge in [-0.1, -0.05) is 6.07 Å². The van der Waals surface area contributed by atoms with E-state index in [1.54, 1.807) is 7.11 Å². The maximum absolute atomic E-state index is 5.95. The average Bonchev–Trinajstić information content (AvgIpc) is 2.33. The first-order valence-corrected chi connectivity index (χ1v) is 6.23. The lowest BCUT2D eigenvalue weighted by atomic mass is 10.1. The number of ether oxygens (including phenoxy) is 3. The lowest BCUT2D eigenvalue weighted by molar-refractivity contribution is 0.0549. The van der Waals surface area contributed by atoms with Crippen LogP contribution in [0.2, 0.25) is 0 Å². The van der Waals surface area contributed by atoms with Crippen molar-refractivity contribution in [1.82, 2.24) is 0 Å². The molecular weight excluding hydrogens is 230 g/mol. The van der Waals surface area contributed by atoms with Crippen molar-refractivity contribution >= 4 is 0 Å². The molecule has 102 valence electrons. The van der Waals surface area contributed by atoms with Gasteiger partial charge < -0.3 is 19.9 Å². The zero-order valence-corrected chi connectivity index (χ0v) is 11.6. The molecule has 0 radical (unpaired) electrons. The molecule has 0 aliphatic heterocycles. The Morgan fingerprint density at radius 1 is 1.11 bits per heavy atom. The van der Waals surface area contributed by atoms with Crippen molar-refractivity contribution in [3.8, 4) is 11.5 Å². The van der Waals surface area contributed by atoms with Crippen LogP contribution in [0.15, 0.2) is 18.2 Å². The van der Waals surface area contributed by atoms with E-state index in [4.69, 9.17) is 19.9 Å². The van der Waals surface area contributed by atoms with Crippen LogP contribution < -0.4 is 15.2 Å². The molecule has 1 aromatic carbocycles. The van der Waals surface area contributed by atoms with Crippen molar-refractivity contribution in [3.05, 3.63) is 23.8 Å². The molecule has 1 aromatic rings. The van der Waals surface area contributed by atoms with Crippen molar-refractivity contribution < 1.29 is 14.2 Å². The Morgan fingerprint density at radius 2 is 1.78 bits per heavy atom. The van der Waals surface area contributed by atoms with E-state index in [0.29, 0.717) is 13.2 Å². The molecule has 0 bridgehead atoms. The summed E-state index contributed by atoms with van der Waals surface area (Å²) in [7, 11) is 1.63. The molecule has 0 aliphatic rings. The Kier molecular flexibility index (Phi) is 5.95. The van der Waals surface area contributed by atoms with Crippen LogP contribution in [0, 0.1) is 0 Å².